The molecule has 1 aromatic heterocycles. The van der Waals surface area contributed by atoms with Crippen LogP contribution < -0.4 is 22.1 Å². The number of hydrogen-bond acceptors (Lipinski definition) is 8. The number of imidazole rings is 1. The Morgan fingerprint density at radius 1 is 1.24 bits per heavy atom. The average Bonchev–Trinajstić information content (AvgIpc) is 3.46. The Labute approximate surface area is 195 Å². The number of likely N-dealkylation sites (tertiary alicyclic amines) is 1. The third-order valence-corrected chi connectivity index (χ3v) is 5.65. The quantitative estimate of drug-likeness (QED) is 0.158. The minimum atomic E-state index is -1.19. The molecule has 182 valence electrons. The molecule has 14 heteroatoms. The highest BCUT2D eigenvalue weighted by molar-refractivity contribution is 7.80. The number of primary amides is 1. The summed E-state index contributed by atoms with van der Waals surface area (Å²) in [4.78, 5) is 69.2. The predicted octanol–water partition coefficient (Wildman–Crippen LogP) is -2.48. The Morgan fingerprint density at radius 3 is 2.52 bits per heavy atom. The van der Waals surface area contributed by atoms with Crippen LogP contribution in [0.15, 0.2) is 12.5 Å². The van der Waals surface area contributed by atoms with E-state index in [0.29, 0.717) is 18.5 Å². The molecule has 2 heterocycles. The summed E-state index contributed by atoms with van der Waals surface area (Å²) in [6.07, 6.45) is 3.42. The molecule has 1 aliphatic rings. The van der Waals surface area contributed by atoms with Gasteiger partial charge in [-0.15, -0.1) is 0 Å². The fourth-order valence-corrected chi connectivity index (χ4v) is 3.66. The second kappa shape index (κ2) is 12.2. The van der Waals surface area contributed by atoms with Crippen LogP contribution in [0.25, 0.3) is 0 Å². The predicted molar refractivity (Wildman–Crippen MR) is 119 cm³/mol. The van der Waals surface area contributed by atoms with E-state index in [1.165, 1.54) is 17.4 Å². The van der Waals surface area contributed by atoms with Crippen LogP contribution in [0.3, 0.4) is 0 Å². The summed E-state index contributed by atoms with van der Waals surface area (Å²) in [5.41, 5.74) is 11.4. The van der Waals surface area contributed by atoms with E-state index in [0.717, 1.165) is 0 Å². The Bertz CT molecular complexity index is 865. The second-order valence-corrected chi connectivity index (χ2v) is 8.09. The number of nitrogens with zero attached hydrogens (tertiary/aromatic N) is 2. The molecule has 0 aliphatic carbocycles. The third-order valence-electron chi connectivity index (χ3n) is 5.26. The first-order chi connectivity index (χ1) is 15.6. The van der Waals surface area contributed by atoms with Crippen molar-refractivity contribution in [3.8, 4) is 0 Å². The number of thiol groups is 1. The summed E-state index contributed by atoms with van der Waals surface area (Å²) >= 11 is 3.95. The minimum absolute atomic E-state index is 0.0139. The lowest BCUT2D eigenvalue weighted by Crippen LogP contribution is -2.58. The van der Waals surface area contributed by atoms with E-state index in [-0.39, 0.29) is 31.6 Å². The number of carboxylic acids is 1. The van der Waals surface area contributed by atoms with Crippen molar-refractivity contribution in [3.63, 3.8) is 0 Å². The molecule has 0 saturated carbocycles. The number of rotatable bonds is 12. The average molecular weight is 484 g/mol. The number of amides is 4. The van der Waals surface area contributed by atoms with Crippen molar-refractivity contribution in [1.82, 2.24) is 25.5 Å². The molecular formula is C19H29N7O6S. The number of aromatic nitrogens is 2. The molecule has 33 heavy (non-hydrogen) atoms. The van der Waals surface area contributed by atoms with Gasteiger partial charge in [0.05, 0.1) is 12.4 Å². The van der Waals surface area contributed by atoms with Gasteiger partial charge in [0.25, 0.3) is 0 Å². The van der Waals surface area contributed by atoms with Gasteiger partial charge in [0, 0.05) is 37.0 Å². The molecular weight excluding hydrogens is 454 g/mol. The number of aliphatic carboxylic acids is 1. The zero-order valence-electron chi connectivity index (χ0n) is 17.9. The minimum Gasteiger partial charge on any atom is -0.480 e. The topological polar surface area (TPSA) is 214 Å². The van der Waals surface area contributed by atoms with Gasteiger partial charge < -0.3 is 37.1 Å². The summed E-state index contributed by atoms with van der Waals surface area (Å²) < 4.78 is 0. The number of hydrogen-bond donors (Lipinski definition) is 7. The van der Waals surface area contributed by atoms with Gasteiger partial charge in [-0.25, -0.2) is 9.78 Å². The molecule has 1 saturated heterocycles. The van der Waals surface area contributed by atoms with Crippen LogP contribution in [0, 0.1) is 0 Å². The van der Waals surface area contributed by atoms with Gasteiger partial charge in [-0.1, -0.05) is 0 Å². The highest BCUT2D eigenvalue weighted by Gasteiger charge is 2.38. The van der Waals surface area contributed by atoms with Crippen molar-refractivity contribution < 1.29 is 29.1 Å². The normalized spacial score (nSPS) is 18.2. The summed E-state index contributed by atoms with van der Waals surface area (Å²) in [5, 5.41) is 14.5. The maximum absolute atomic E-state index is 13.2. The van der Waals surface area contributed by atoms with Crippen LogP contribution in [0.4, 0.5) is 0 Å². The summed E-state index contributed by atoms with van der Waals surface area (Å²) in [7, 11) is 0. The number of carboxylic acid groups (broad SMARTS) is 1. The zero-order chi connectivity index (χ0) is 24.5. The fourth-order valence-electron chi connectivity index (χ4n) is 3.49. The summed E-state index contributed by atoms with van der Waals surface area (Å²) in [5.74, 6) is -3.74. The first kappa shape index (κ1) is 26.1. The second-order valence-electron chi connectivity index (χ2n) is 7.73. The summed E-state index contributed by atoms with van der Waals surface area (Å²) in [6, 6.07) is -4.30. The molecule has 1 fully saturated rings. The monoisotopic (exact) mass is 483 g/mol. The van der Waals surface area contributed by atoms with Gasteiger partial charge in [-0.3, -0.25) is 19.2 Å². The third kappa shape index (κ3) is 7.46. The zero-order valence-corrected chi connectivity index (χ0v) is 18.8. The van der Waals surface area contributed by atoms with E-state index < -0.39 is 53.8 Å². The van der Waals surface area contributed by atoms with Crippen molar-refractivity contribution in [1.29, 1.82) is 0 Å². The van der Waals surface area contributed by atoms with Gasteiger partial charge in [0.2, 0.25) is 23.6 Å². The molecule has 4 unspecified atom stereocenters. The Hall–Kier alpha value is -3.13. The maximum atomic E-state index is 13.2. The van der Waals surface area contributed by atoms with E-state index >= 15 is 0 Å². The SMILES string of the molecule is NC(=O)CCC(NC(=O)C(N)CS)C(=O)NC(Cc1cnc[nH]1)C(=O)N1CCCC1C(=O)O. The van der Waals surface area contributed by atoms with Crippen LogP contribution in [-0.2, 0) is 30.4 Å². The smallest absolute Gasteiger partial charge is 0.326 e. The van der Waals surface area contributed by atoms with Gasteiger partial charge in [-0.2, -0.15) is 12.6 Å². The lowest BCUT2D eigenvalue weighted by Gasteiger charge is -2.28. The van der Waals surface area contributed by atoms with Crippen molar-refractivity contribution >= 4 is 42.2 Å². The molecule has 0 radical (unpaired) electrons. The van der Waals surface area contributed by atoms with Crippen molar-refractivity contribution in [2.45, 2.75) is 56.3 Å². The Kier molecular flexibility index (Phi) is 9.66. The van der Waals surface area contributed by atoms with E-state index in [4.69, 9.17) is 11.5 Å². The number of aromatic amines is 1. The van der Waals surface area contributed by atoms with E-state index in [1.807, 2.05) is 0 Å². The van der Waals surface area contributed by atoms with Crippen molar-refractivity contribution in [3.05, 3.63) is 18.2 Å². The van der Waals surface area contributed by atoms with E-state index in [9.17, 15) is 29.1 Å². The number of carbonyl (C=O) groups is 5. The highest BCUT2D eigenvalue weighted by Crippen LogP contribution is 2.19. The lowest BCUT2D eigenvalue weighted by atomic mass is 10.1. The van der Waals surface area contributed by atoms with Gasteiger partial charge in [-0.05, 0) is 19.3 Å². The van der Waals surface area contributed by atoms with Crippen molar-refractivity contribution in [2.75, 3.05) is 12.3 Å². The molecule has 1 aromatic rings. The molecule has 0 spiro atoms. The van der Waals surface area contributed by atoms with Crippen LogP contribution in [0.2, 0.25) is 0 Å². The lowest BCUT2D eigenvalue weighted by molar-refractivity contribution is -0.149. The molecule has 13 nitrogen and oxygen atoms in total. The summed E-state index contributed by atoms with van der Waals surface area (Å²) in [6.45, 7) is 0.240. The highest BCUT2D eigenvalue weighted by atomic mass is 32.1. The Morgan fingerprint density at radius 2 is 1.94 bits per heavy atom. The van der Waals surface area contributed by atoms with Crippen LogP contribution >= 0.6 is 12.6 Å². The van der Waals surface area contributed by atoms with Gasteiger partial charge in [0.15, 0.2) is 0 Å². The largest absolute Gasteiger partial charge is 0.480 e. The first-order valence-corrected chi connectivity index (χ1v) is 11.0. The number of carbonyl (C=O) groups excluding carboxylic acids is 4. The van der Waals surface area contributed by atoms with Crippen LogP contribution in [0.1, 0.15) is 31.4 Å². The molecule has 0 aromatic carbocycles. The fraction of sp³-hybridized carbons (Fsp3) is 0.579. The first-order valence-electron chi connectivity index (χ1n) is 10.4. The Balaban J connectivity index is 2.22. The van der Waals surface area contributed by atoms with Gasteiger partial charge in [0.1, 0.15) is 18.1 Å². The molecule has 8 N–H and O–H groups in total. The molecule has 2 rings (SSSR count). The van der Waals surface area contributed by atoms with Crippen molar-refractivity contribution in [2.24, 2.45) is 11.5 Å². The number of nitrogens with two attached hydrogens (primary N) is 2. The van der Waals surface area contributed by atoms with Crippen LogP contribution in [-0.4, -0.2) is 86.0 Å². The molecule has 4 atom stereocenters. The standard InChI is InChI=1S/C19H29N7O6S/c20-11(8-33)16(28)24-12(3-4-15(21)27)17(29)25-13(6-10-7-22-9-23-10)18(30)26-5-1-2-14(26)19(31)32/h7,9,11-14,33H,1-6,8,20H2,(H2,21,27)(H,22,23)(H,24,28)(H,25,29)(H,31,32). The molecule has 4 amide bonds. The molecule has 1 aliphatic heterocycles. The van der Waals surface area contributed by atoms with Crippen LogP contribution in [0.5, 0.6) is 0 Å². The maximum Gasteiger partial charge on any atom is 0.326 e. The van der Waals surface area contributed by atoms with E-state index in [2.05, 4.69) is 33.2 Å². The van der Waals surface area contributed by atoms with Gasteiger partial charge >= 0.3 is 5.97 Å². The number of nitrogens with one attached hydrogen (secondary N) is 3. The molecule has 0 bridgehead atoms. The van der Waals surface area contributed by atoms with E-state index in [1.54, 1.807) is 0 Å². The number of H-pyrrole nitrogens is 1.